The Bertz CT molecular complexity index is 1020. The average molecular weight is 366 g/mol. The summed E-state index contributed by atoms with van der Waals surface area (Å²) in [5, 5.41) is 2.44. The number of alkyl halides is 3. The molecule has 6 heteroatoms. The van der Waals surface area contributed by atoms with E-state index in [0.29, 0.717) is 5.56 Å². The van der Waals surface area contributed by atoms with Crippen LogP contribution in [0.25, 0.3) is 0 Å². The fraction of sp³-hybridized carbons (Fsp3) is 0.0476. The molecule has 1 aromatic heterocycles. The van der Waals surface area contributed by atoms with E-state index in [2.05, 4.69) is 22.1 Å². The molecule has 27 heavy (non-hydrogen) atoms. The van der Waals surface area contributed by atoms with Crippen molar-refractivity contribution in [2.45, 2.75) is 6.18 Å². The number of carbonyl (C=O) groups excluding carboxylic acids is 1. The summed E-state index contributed by atoms with van der Waals surface area (Å²) in [7, 11) is 0. The first kappa shape index (κ1) is 18.2. The van der Waals surface area contributed by atoms with E-state index in [1.807, 2.05) is 30.3 Å². The molecule has 0 bridgehead atoms. The van der Waals surface area contributed by atoms with Gasteiger partial charge in [-0.2, -0.15) is 13.2 Å². The van der Waals surface area contributed by atoms with Gasteiger partial charge in [0.05, 0.1) is 11.1 Å². The summed E-state index contributed by atoms with van der Waals surface area (Å²) in [6.45, 7) is 0. The number of pyridine rings is 1. The van der Waals surface area contributed by atoms with Crippen molar-refractivity contribution >= 4 is 11.6 Å². The SMILES string of the molecule is O=C(Nc1cccc(C(F)(F)F)c1)c1cncc(C#Cc2ccccc2)c1. The summed E-state index contributed by atoms with van der Waals surface area (Å²) in [6, 6.07) is 15.3. The molecule has 3 rings (SSSR count). The molecule has 1 N–H and O–H groups in total. The molecule has 0 radical (unpaired) electrons. The molecule has 0 aliphatic rings. The topological polar surface area (TPSA) is 42.0 Å². The van der Waals surface area contributed by atoms with E-state index < -0.39 is 17.6 Å². The molecular formula is C21H13F3N2O. The molecular weight excluding hydrogens is 353 g/mol. The number of aromatic nitrogens is 1. The molecule has 1 heterocycles. The summed E-state index contributed by atoms with van der Waals surface area (Å²) in [5.74, 6) is 5.30. The zero-order valence-corrected chi connectivity index (χ0v) is 13.9. The van der Waals surface area contributed by atoms with Crippen molar-refractivity contribution in [3.8, 4) is 11.8 Å². The minimum atomic E-state index is -4.48. The van der Waals surface area contributed by atoms with Crippen LogP contribution in [0.15, 0.2) is 73.1 Å². The molecule has 0 saturated carbocycles. The lowest BCUT2D eigenvalue weighted by atomic mass is 10.1. The first-order valence-electron chi connectivity index (χ1n) is 7.92. The second-order valence-corrected chi connectivity index (χ2v) is 5.61. The number of hydrogen-bond donors (Lipinski definition) is 1. The van der Waals surface area contributed by atoms with Crippen molar-refractivity contribution in [1.82, 2.24) is 4.98 Å². The number of benzene rings is 2. The van der Waals surface area contributed by atoms with Crippen LogP contribution in [0.4, 0.5) is 18.9 Å². The molecule has 3 nitrogen and oxygen atoms in total. The summed E-state index contributed by atoms with van der Waals surface area (Å²) < 4.78 is 38.3. The molecule has 0 saturated heterocycles. The molecule has 0 aliphatic carbocycles. The van der Waals surface area contributed by atoms with Gasteiger partial charge in [0.25, 0.3) is 5.91 Å². The predicted molar refractivity (Wildman–Crippen MR) is 96.1 cm³/mol. The van der Waals surface area contributed by atoms with Crippen molar-refractivity contribution in [3.63, 3.8) is 0 Å². The van der Waals surface area contributed by atoms with Crippen molar-refractivity contribution in [3.05, 3.63) is 95.3 Å². The highest BCUT2D eigenvalue weighted by Crippen LogP contribution is 2.30. The molecule has 0 fully saturated rings. The van der Waals surface area contributed by atoms with Crippen LogP contribution in [-0.2, 0) is 6.18 Å². The largest absolute Gasteiger partial charge is 0.416 e. The normalized spacial score (nSPS) is 10.6. The summed E-state index contributed by atoms with van der Waals surface area (Å²) >= 11 is 0. The highest BCUT2D eigenvalue weighted by molar-refractivity contribution is 6.04. The number of nitrogens with one attached hydrogen (secondary N) is 1. The number of halogens is 3. The zero-order valence-electron chi connectivity index (χ0n) is 13.9. The van der Waals surface area contributed by atoms with Gasteiger partial charge in [0.2, 0.25) is 0 Å². The van der Waals surface area contributed by atoms with E-state index >= 15 is 0 Å². The number of nitrogens with zero attached hydrogens (tertiary/aromatic N) is 1. The maximum absolute atomic E-state index is 12.8. The fourth-order valence-electron chi connectivity index (χ4n) is 2.27. The van der Waals surface area contributed by atoms with Crippen molar-refractivity contribution in [2.24, 2.45) is 0 Å². The third kappa shape index (κ3) is 4.95. The van der Waals surface area contributed by atoms with Crippen LogP contribution in [0.1, 0.15) is 27.0 Å². The molecule has 134 valence electrons. The second kappa shape index (κ2) is 7.75. The van der Waals surface area contributed by atoms with Gasteiger partial charge in [-0.15, -0.1) is 0 Å². The molecule has 2 aromatic carbocycles. The second-order valence-electron chi connectivity index (χ2n) is 5.61. The molecule has 0 spiro atoms. The minimum Gasteiger partial charge on any atom is -0.322 e. The van der Waals surface area contributed by atoms with Crippen molar-refractivity contribution in [2.75, 3.05) is 5.32 Å². The summed E-state index contributed by atoms with van der Waals surface area (Å²) in [5.41, 5.74) is 0.760. The highest BCUT2D eigenvalue weighted by Gasteiger charge is 2.30. The van der Waals surface area contributed by atoms with Crippen LogP contribution < -0.4 is 5.32 Å². The number of anilines is 1. The molecule has 0 aliphatic heterocycles. The smallest absolute Gasteiger partial charge is 0.322 e. The third-order valence-corrected chi connectivity index (χ3v) is 3.57. The Hall–Kier alpha value is -3.59. The Morgan fingerprint density at radius 1 is 0.889 bits per heavy atom. The van der Waals surface area contributed by atoms with Gasteiger partial charge in [0, 0.05) is 29.2 Å². The zero-order chi connectivity index (χ0) is 19.3. The van der Waals surface area contributed by atoms with Gasteiger partial charge in [-0.25, -0.2) is 0 Å². The van der Waals surface area contributed by atoms with E-state index in [-0.39, 0.29) is 11.3 Å². The van der Waals surface area contributed by atoms with Crippen LogP contribution in [0.3, 0.4) is 0 Å². The van der Waals surface area contributed by atoms with Crippen LogP contribution in [0.2, 0.25) is 0 Å². The first-order chi connectivity index (χ1) is 12.9. The Morgan fingerprint density at radius 3 is 2.37 bits per heavy atom. The van der Waals surface area contributed by atoms with E-state index in [1.54, 1.807) is 0 Å². The summed E-state index contributed by atoms with van der Waals surface area (Å²) in [4.78, 5) is 16.3. The summed E-state index contributed by atoms with van der Waals surface area (Å²) in [6.07, 6.45) is -1.64. The van der Waals surface area contributed by atoms with Crippen LogP contribution in [0.5, 0.6) is 0 Å². The van der Waals surface area contributed by atoms with Crippen LogP contribution in [0, 0.1) is 11.8 Å². The highest BCUT2D eigenvalue weighted by atomic mass is 19.4. The number of carbonyl (C=O) groups is 1. The van der Waals surface area contributed by atoms with Crippen molar-refractivity contribution < 1.29 is 18.0 Å². The Labute approximate surface area is 153 Å². The third-order valence-electron chi connectivity index (χ3n) is 3.57. The Balaban J connectivity index is 1.77. The number of amides is 1. The molecule has 3 aromatic rings. The van der Waals surface area contributed by atoms with Gasteiger partial charge >= 0.3 is 6.18 Å². The van der Waals surface area contributed by atoms with Gasteiger partial charge in [0.1, 0.15) is 0 Å². The monoisotopic (exact) mass is 366 g/mol. The minimum absolute atomic E-state index is 0.0515. The van der Waals surface area contributed by atoms with E-state index in [1.165, 1.54) is 30.6 Å². The van der Waals surface area contributed by atoms with Crippen LogP contribution >= 0.6 is 0 Å². The lowest BCUT2D eigenvalue weighted by molar-refractivity contribution is -0.137. The Kier molecular flexibility index (Phi) is 5.23. The maximum atomic E-state index is 12.8. The van der Waals surface area contributed by atoms with E-state index in [9.17, 15) is 18.0 Å². The number of rotatable bonds is 2. The van der Waals surface area contributed by atoms with Gasteiger partial charge < -0.3 is 5.32 Å². The van der Waals surface area contributed by atoms with Gasteiger partial charge in [-0.1, -0.05) is 36.1 Å². The molecule has 0 atom stereocenters. The fourth-order valence-corrected chi connectivity index (χ4v) is 2.27. The van der Waals surface area contributed by atoms with Gasteiger partial charge in [-0.05, 0) is 36.4 Å². The van der Waals surface area contributed by atoms with Crippen molar-refractivity contribution in [1.29, 1.82) is 0 Å². The number of hydrogen-bond acceptors (Lipinski definition) is 2. The standard InChI is InChI=1S/C21H13F3N2O/c22-21(23,24)18-7-4-8-19(12-18)26-20(27)17-11-16(13-25-14-17)10-9-15-5-2-1-3-6-15/h1-8,11-14H,(H,26,27). The molecule has 1 amide bonds. The van der Waals surface area contributed by atoms with E-state index in [4.69, 9.17) is 0 Å². The quantitative estimate of drug-likeness (QED) is 0.665. The van der Waals surface area contributed by atoms with Gasteiger partial charge in [0.15, 0.2) is 0 Å². The van der Waals surface area contributed by atoms with Gasteiger partial charge in [-0.3, -0.25) is 9.78 Å². The van der Waals surface area contributed by atoms with E-state index in [0.717, 1.165) is 17.7 Å². The average Bonchev–Trinajstić information content (AvgIpc) is 2.67. The predicted octanol–water partition coefficient (Wildman–Crippen LogP) is 4.75. The molecule has 0 unspecified atom stereocenters. The Morgan fingerprint density at radius 2 is 1.63 bits per heavy atom. The first-order valence-corrected chi connectivity index (χ1v) is 7.92. The maximum Gasteiger partial charge on any atom is 0.416 e. The lowest BCUT2D eigenvalue weighted by Crippen LogP contribution is -2.13. The lowest BCUT2D eigenvalue weighted by Gasteiger charge is -2.10. The van der Waals surface area contributed by atoms with Crippen LogP contribution in [-0.4, -0.2) is 10.9 Å².